The van der Waals surface area contributed by atoms with Gasteiger partial charge in [0.2, 0.25) is 0 Å². The molecule has 7 nitrogen and oxygen atoms in total. The standard InChI is InChI=1S/C14H17NO6/c1-2-11(16)8-12(14(18)19)13(17)7-9-4-3-5-10(6-9)15(20)21/h3-6,11-12,16H,2,7-8H2,1H3,(H,18,19). The average Bonchev–Trinajstić information content (AvgIpc) is 2.44. The Bertz CT molecular complexity index is 542. The van der Waals surface area contributed by atoms with E-state index in [0.717, 1.165) is 0 Å². The molecule has 0 saturated heterocycles. The Morgan fingerprint density at radius 2 is 2.05 bits per heavy atom. The van der Waals surface area contributed by atoms with Gasteiger partial charge in [-0.2, -0.15) is 0 Å². The van der Waals surface area contributed by atoms with Gasteiger partial charge in [0.05, 0.1) is 11.0 Å². The van der Waals surface area contributed by atoms with E-state index in [9.17, 15) is 24.8 Å². The van der Waals surface area contributed by atoms with Gasteiger partial charge in [-0.25, -0.2) is 0 Å². The van der Waals surface area contributed by atoms with Gasteiger partial charge >= 0.3 is 5.97 Å². The molecule has 0 saturated carbocycles. The summed E-state index contributed by atoms with van der Waals surface area (Å²) in [5, 5.41) is 29.2. The van der Waals surface area contributed by atoms with Crippen LogP contribution in [0.3, 0.4) is 0 Å². The zero-order valence-electron chi connectivity index (χ0n) is 11.6. The van der Waals surface area contributed by atoms with Gasteiger partial charge < -0.3 is 10.2 Å². The monoisotopic (exact) mass is 295 g/mol. The predicted octanol–water partition coefficient (Wildman–Crippen LogP) is 1.57. The summed E-state index contributed by atoms with van der Waals surface area (Å²) in [6.45, 7) is 1.69. The van der Waals surface area contributed by atoms with Crippen LogP contribution < -0.4 is 0 Å². The van der Waals surface area contributed by atoms with E-state index in [4.69, 9.17) is 5.11 Å². The summed E-state index contributed by atoms with van der Waals surface area (Å²) in [7, 11) is 0. The minimum absolute atomic E-state index is 0.152. The average molecular weight is 295 g/mol. The van der Waals surface area contributed by atoms with E-state index in [1.54, 1.807) is 6.92 Å². The van der Waals surface area contributed by atoms with Gasteiger partial charge in [-0.1, -0.05) is 19.1 Å². The van der Waals surface area contributed by atoms with E-state index in [2.05, 4.69) is 0 Å². The molecule has 0 aliphatic heterocycles. The van der Waals surface area contributed by atoms with Gasteiger partial charge in [-0.05, 0) is 18.4 Å². The summed E-state index contributed by atoms with van der Waals surface area (Å²) in [6, 6.07) is 5.51. The summed E-state index contributed by atoms with van der Waals surface area (Å²) in [5.74, 6) is -3.17. The van der Waals surface area contributed by atoms with Crippen molar-refractivity contribution in [2.24, 2.45) is 5.92 Å². The first-order valence-electron chi connectivity index (χ1n) is 6.52. The summed E-state index contributed by atoms with van der Waals surface area (Å²) >= 11 is 0. The van der Waals surface area contributed by atoms with Crippen LogP contribution >= 0.6 is 0 Å². The lowest BCUT2D eigenvalue weighted by molar-refractivity contribution is -0.384. The number of carbonyl (C=O) groups is 2. The highest BCUT2D eigenvalue weighted by molar-refractivity contribution is 5.99. The van der Waals surface area contributed by atoms with Crippen LogP contribution in [0.25, 0.3) is 0 Å². The SMILES string of the molecule is CCC(O)CC(C(=O)O)C(=O)Cc1cccc([N+](=O)[O-])c1. The van der Waals surface area contributed by atoms with Gasteiger partial charge in [0.25, 0.3) is 5.69 Å². The first-order chi connectivity index (χ1) is 9.85. The number of nitro benzene ring substituents is 1. The zero-order valence-corrected chi connectivity index (χ0v) is 11.6. The second kappa shape index (κ2) is 7.49. The molecule has 2 atom stereocenters. The summed E-state index contributed by atoms with van der Waals surface area (Å²) < 4.78 is 0. The fourth-order valence-electron chi connectivity index (χ4n) is 1.91. The van der Waals surface area contributed by atoms with Crippen LogP contribution in [-0.4, -0.2) is 33.0 Å². The number of hydrogen-bond donors (Lipinski definition) is 2. The normalized spacial score (nSPS) is 13.4. The lowest BCUT2D eigenvalue weighted by Gasteiger charge is -2.14. The molecule has 2 unspecified atom stereocenters. The minimum Gasteiger partial charge on any atom is -0.481 e. The number of ketones is 1. The summed E-state index contributed by atoms with van der Waals surface area (Å²) in [5.41, 5.74) is 0.229. The van der Waals surface area contributed by atoms with Crippen LogP contribution in [0.4, 0.5) is 5.69 Å². The molecule has 1 aromatic carbocycles. The smallest absolute Gasteiger partial charge is 0.314 e. The van der Waals surface area contributed by atoms with Crippen LogP contribution in [0.1, 0.15) is 25.3 Å². The fraction of sp³-hybridized carbons (Fsp3) is 0.429. The Kier molecular flexibility index (Phi) is 5.98. The number of aliphatic hydroxyl groups excluding tert-OH is 1. The second-order valence-electron chi connectivity index (χ2n) is 4.76. The second-order valence-corrected chi connectivity index (χ2v) is 4.76. The molecule has 114 valence electrons. The van der Waals surface area contributed by atoms with E-state index in [1.807, 2.05) is 0 Å². The maximum Gasteiger partial charge on any atom is 0.314 e. The third-order valence-corrected chi connectivity index (χ3v) is 3.17. The third-order valence-electron chi connectivity index (χ3n) is 3.17. The number of nitro groups is 1. The molecule has 0 fully saturated rings. The molecule has 0 bridgehead atoms. The van der Waals surface area contributed by atoms with Crippen molar-refractivity contribution in [3.05, 3.63) is 39.9 Å². The molecule has 21 heavy (non-hydrogen) atoms. The lowest BCUT2D eigenvalue weighted by Crippen LogP contribution is -2.29. The molecule has 0 heterocycles. The first kappa shape index (κ1) is 16.8. The van der Waals surface area contributed by atoms with Crippen LogP contribution in [0.2, 0.25) is 0 Å². The van der Waals surface area contributed by atoms with E-state index >= 15 is 0 Å². The number of carbonyl (C=O) groups excluding carboxylic acids is 1. The van der Waals surface area contributed by atoms with E-state index in [1.165, 1.54) is 24.3 Å². The van der Waals surface area contributed by atoms with Crippen LogP contribution in [-0.2, 0) is 16.0 Å². The van der Waals surface area contributed by atoms with Gasteiger partial charge in [0.15, 0.2) is 5.78 Å². The van der Waals surface area contributed by atoms with Crippen LogP contribution in [0.15, 0.2) is 24.3 Å². The van der Waals surface area contributed by atoms with Crippen LogP contribution in [0, 0.1) is 16.0 Å². The number of aliphatic carboxylic acids is 1. The molecular formula is C14H17NO6. The lowest BCUT2D eigenvalue weighted by atomic mass is 9.92. The Balaban J connectivity index is 2.84. The first-order valence-corrected chi connectivity index (χ1v) is 6.52. The number of carboxylic acids is 1. The number of carboxylic acid groups (broad SMARTS) is 1. The molecule has 0 spiro atoms. The van der Waals surface area contributed by atoms with Crippen molar-refractivity contribution in [1.82, 2.24) is 0 Å². The molecule has 0 amide bonds. The molecular weight excluding hydrogens is 278 g/mol. The Morgan fingerprint density at radius 1 is 1.38 bits per heavy atom. The highest BCUT2D eigenvalue weighted by Gasteiger charge is 2.28. The van der Waals surface area contributed by atoms with Crippen LogP contribution in [0.5, 0.6) is 0 Å². The number of nitrogens with zero attached hydrogens (tertiary/aromatic N) is 1. The Hall–Kier alpha value is -2.28. The minimum atomic E-state index is -1.31. The number of rotatable bonds is 8. The van der Waals surface area contributed by atoms with Crippen molar-refractivity contribution < 1.29 is 24.7 Å². The van der Waals surface area contributed by atoms with Crippen molar-refractivity contribution >= 4 is 17.4 Å². The molecule has 0 radical (unpaired) electrons. The van der Waals surface area contributed by atoms with E-state index in [-0.39, 0.29) is 18.5 Å². The largest absolute Gasteiger partial charge is 0.481 e. The van der Waals surface area contributed by atoms with E-state index in [0.29, 0.717) is 12.0 Å². The Labute approximate surface area is 121 Å². The van der Waals surface area contributed by atoms with Gasteiger partial charge in [-0.15, -0.1) is 0 Å². The summed E-state index contributed by atoms with van der Waals surface area (Å²) in [4.78, 5) is 33.2. The molecule has 0 aliphatic rings. The van der Waals surface area contributed by atoms with Gasteiger partial charge in [-0.3, -0.25) is 19.7 Å². The number of non-ortho nitro benzene ring substituents is 1. The predicted molar refractivity (Wildman–Crippen MR) is 73.8 cm³/mol. The molecule has 1 aromatic rings. The number of benzene rings is 1. The highest BCUT2D eigenvalue weighted by atomic mass is 16.6. The van der Waals surface area contributed by atoms with E-state index < -0.39 is 28.7 Å². The molecule has 7 heteroatoms. The van der Waals surface area contributed by atoms with Crippen molar-refractivity contribution in [2.75, 3.05) is 0 Å². The quantitative estimate of drug-likeness (QED) is 0.427. The van der Waals surface area contributed by atoms with Gasteiger partial charge in [0.1, 0.15) is 5.92 Å². The number of aliphatic hydroxyl groups is 1. The summed E-state index contributed by atoms with van der Waals surface area (Å²) in [6.07, 6.45) is -0.872. The van der Waals surface area contributed by atoms with Crippen molar-refractivity contribution in [3.8, 4) is 0 Å². The number of Topliss-reactive ketones (excluding diaryl/α,β-unsaturated/α-hetero) is 1. The molecule has 0 aromatic heterocycles. The Morgan fingerprint density at radius 3 is 2.57 bits per heavy atom. The van der Waals surface area contributed by atoms with Crippen molar-refractivity contribution in [3.63, 3.8) is 0 Å². The molecule has 1 rings (SSSR count). The fourth-order valence-corrected chi connectivity index (χ4v) is 1.91. The molecule has 2 N–H and O–H groups in total. The maximum absolute atomic E-state index is 12.0. The van der Waals surface area contributed by atoms with Crippen molar-refractivity contribution in [2.45, 2.75) is 32.3 Å². The van der Waals surface area contributed by atoms with Crippen molar-refractivity contribution in [1.29, 1.82) is 0 Å². The molecule has 0 aliphatic carbocycles. The number of hydrogen-bond acceptors (Lipinski definition) is 5. The third kappa shape index (κ3) is 4.96. The maximum atomic E-state index is 12.0. The zero-order chi connectivity index (χ0) is 16.0. The topological polar surface area (TPSA) is 118 Å². The highest BCUT2D eigenvalue weighted by Crippen LogP contribution is 2.17. The van der Waals surface area contributed by atoms with Gasteiger partial charge in [0, 0.05) is 18.6 Å².